The second-order valence-corrected chi connectivity index (χ2v) is 4.66. The van der Waals surface area contributed by atoms with Crippen molar-refractivity contribution in [3.8, 4) is 0 Å². The lowest BCUT2D eigenvalue weighted by molar-refractivity contribution is 0.0677. The summed E-state index contributed by atoms with van der Waals surface area (Å²) in [5, 5.41) is 0. The number of hydrogen-bond acceptors (Lipinski definition) is 2. The lowest BCUT2D eigenvalue weighted by atomic mass is 10.00. The number of rotatable bonds is 1. The topological polar surface area (TPSA) is 33.2 Å². The first-order valence-corrected chi connectivity index (χ1v) is 5.90. The zero-order valence-electron chi connectivity index (χ0n) is 9.94. The van der Waals surface area contributed by atoms with E-state index in [4.69, 9.17) is 0 Å². The minimum atomic E-state index is 0.0789. The Hall–Kier alpha value is -1.38. The molecular weight excluding hydrogens is 200 g/mol. The van der Waals surface area contributed by atoms with Gasteiger partial charge in [-0.2, -0.15) is 0 Å². The van der Waals surface area contributed by atoms with Crippen LogP contribution in [0.1, 0.15) is 35.9 Å². The number of likely N-dealkylation sites (tertiary alicyclic amines) is 1. The lowest BCUT2D eigenvalue weighted by Gasteiger charge is -2.30. The minimum Gasteiger partial charge on any atom is -0.337 e. The van der Waals surface area contributed by atoms with E-state index < -0.39 is 0 Å². The van der Waals surface area contributed by atoms with Crippen molar-refractivity contribution in [1.29, 1.82) is 0 Å². The monoisotopic (exact) mass is 218 g/mol. The van der Waals surface area contributed by atoms with Gasteiger partial charge in [0.25, 0.3) is 5.91 Å². The average molecular weight is 218 g/mol. The summed E-state index contributed by atoms with van der Waals surface area (Å²) in [6.07, 6.45) is 2.34. The SMILES string of the molecule is Cc1cccc(C(=O)N2CCCC(C)C2)n1. The molecule has 3 nitrogen and oxygen atoms in total. The van der Waals surface area contributed by atoms with E-state index in [1.807, 2.05) is 24.0 Å². The molecule has 2 heterocycles. The molecule has 3 heteroatoms. The van der Waals surface area contributed by atoms with Crippen molar-refractivity contribution in [2.75, 3.05) is 13.1 Å². The molecule has 0 spiro atoms. The molecule has 1 aromatic rings. The zero-order valence-corrected chi connectivity index (χ0v) is 9.94. The Morgan fingerprint density at radius 3 is 3.00 bits per heavy atom. The third kappa shape index (κ3) is 2.40. The summed E-state index contributed by atoms with van der Waals surface area (Å²) in [7, 11) is 0. The molecule has 1 aliphatic rings. The number of nitrogens with zero attached hydrogens (tertiary/aromatic N) is 2. The maximum atomic E-state index is 12.2. The number of carbonyl (C=O) groups is 1. The predicted molar refractivity (Wildman–Crippen MR) is 63.3 cm³/mol. The van der Waals surface area contributed by atoms with Crippen molar-refractivity contribution in [3.05, 3.63) is 29.6 Å². The third-order valence-electron chi connectivity index (χ3n) is 3.05. The van der Waals surface area contributed by atoms with Gasteiger partial charge < -0.3 is 4.90 Å². The van der Waals surface area contributed by atoms with E-state index in [-0.39, 0.29) is 5.91 Å². The molecule has 0 bridgehead atoms. The molecular formula is C13H18N2O. The van der Waals surface area contributed by atoms with Crippen LogP contribution in [0.3, 0.4) is 0 Å². The molecule has 1 aromatic heterocycles. The second-order valence-electron chi connectivity index (χ2n) is 4.66. The summed E-state index contributed by atoms with van der Waals surface area (Å²) in [4.78, 5) is 18.4. The molecule has 1 fully saturated rings. The van der Waals surface area contributed by atoms with E-state index in [9.17, 15) is 4.79 Å². The molecule has 1 unspecified atom stereocenters. The highest BCUT2D eigenvalue weighted by Gasteiger charge is 2.22. The second kappa shape index (κ2) is 4.64. The highest BCUT2D eigenvalue weighted by atomic mass is 16.2. The fourth-order valence-corrected chi connectivity index (χ4v) is 2.20. The smallest absolute Gasteiger partial charge is 0.272 e. The van der Waals surface area contributed by atoms with Crippen LogP contribution >= 0.6 is 0 Å². The van der Waals surface area contributed by atoms with Crippen molar-refractivity contribution < 1.29 is 4.79 Å². The quantitative estimate of drug-likeness (QED) is 0.724. The van der Waals surface area contributed by atoms with Gasteiger partial charge in [-0.05, 0) is 37.8 Å². The maximum absolute atomic E-state index is 12.2. The Morgan fingerprint density at radius 1 is 1.50 bits per heavy atom. The van der Waals surface area contributed by atoms with Gasteiger partial charge in [0.15, 0.2) is 0 Å². The highest BCUT2D eigenvalue weighted by molar-refractivity contribution is 5.92. The molecule has 0 saturated carbocycles. The van der Waals surface area contributed by atoms with Crippen molar-refractivity contribution in [2.45, 2.75) is 26.7 Å². The van der Waals surface area contributed by atoms with Crippen molar-refractivity contribution in [2.24, 2.45) is 5.92 Å². The third-order valence-corrected chi connectivity index (χ3v) is 3.05. The number of hydrogen-bond donors (Lipinski definition) is 0. The van der Waals surface area contributed by atoms with Gasteiger partial charge in [0.1, 0.15) is 5.69 Å². The number of aryl methyl sites for hydroxylation is 1. The van der Waals surface area contributed by atoms with Gasteiger partial charge in [-0.25, -0.2) is 4.98 Å². The van der Waals surface area contributed by atoms with Crippen LogP contribution < -0.4 is 0 Å². The Bertz CT molecular complexity index is 389. The van der Waals surface area contributed by atoms with E-state index in [0.717, 1.165) is 25.2 Å². The molecule has 16 heavy (non-hydrogen) atoms. The minimum absolute atomic E-state index is 0.0789. The van der Waals surface area contributed by atoms with Gasteiger partial charge in [0.2, 0.25) is 0 Å². The molecule has 0 aromatic carbocycles. The Labute approximate surface area is 96.5 Å². The summed E-state index contributed by atoms with van der Waals surface area (Å²) in [6, 6.07) is 5.60. The van der Waals surface area contributed by atoms with Crippen LogP contribution in [0.2, 0.25) is 0 Å². The number of carbonyl (C=O) groups excluding carboxylic acids is 1. The molecule has 1 amide bonds. The van der Waals surface area contributed by atoms with Crippen molar-refractivity contribution in [3.63, 3.8) is 0 Å². The molecule has 0 aliphatic carbocycles. The summed E-state index contributed by atoms with van der Waals surface area (Å²) >= 11 is 0. The van der Waals surface area contributed by atoms with Gasteiger partial charge in [-0.3, -0.25) is 4.79 Å². The van der Waals surface area contributed by atoms with E-state index in [2.05, 4.69) is 11.9 Å². The van der Waals surface area contributed by atoms with Crippen LogP contribution in [-0.2, 0) is 0 Å². The van der Waals surface area contributed by atoms with Gasteiger partial charge in [-0.15, -0.1) is 0 Å². The Morgan fingerprint density at radius 2 is 2.31 bits per heavy atom. The molecule has 0 N–H and O–H groups in total. The van der Waals surface area contributed by atoms with Crippen molar-refractivity contribution >= 4 is 5.91 Å². The van der Waals surface area contributed by atoms with Crippen LogP contribution in [0.4, 0.5) is 0 Å². The average Bonchev–Trinajstić information content (AvgIpc) is 2.28. The normalized spacial score (nSPS) is 20.9. The van der Waals surface area contributed by atoms with Crippen LogP contribution in [0.25, 0.3) is 0 Å². The standard InChI is InChI=1S/C13H18N2O/c1-10-5-4-8-15(9-10)13(16)12-7-3-6-11(2)14-12/h3,6-7,10H,4-5,8-9H2,1-2H3. The van der Waals surface area contributed by atoms with Gasteiger partial charge >= 0.3 is 0 Å². The van der Waals surface area contributed by atoms with Crippen LogP contribution in [0.5, 0.6) is 0 Å². The maximum Gasteiger partial charge on any atom is 0.272 e. The van der Waals surface area contributed by atoms with Gasteiger partial charge in [-0.1, -0.05) is 13.0 Å². The largest absolute Gasteiger partial charge is 0.337 e. The fraction of sp³-hybridized carbons (Fsp3) is 0.538. The molecule has 2 rings (SSSR count). The molecule has 1 atom stereocenters. The van der Waals surface area contributed by atoms with Crippen LogP contribution in [0.15, 0.2) is 18.2 Å². The molecule has 1 saturated heterocycles. The summed E-state index contributed by atoms with van der Waals surface area (Å²) in [5.74, 6) is 0.692. The van der Waals surface area contributed by atoms with E-state index >= 15 is 0 Å². The fourth-order valence-electron chi connectivity index (χ4n) is 2.20. The zero-order chi connectivity index (χ0) is 11.5. The van der Waals surface area contributed by atoms with E-state index in [1.165, 1.54) is 6.42 Å². The lowest BCUT2D eigenvalue weighted by Crippen LogP contribution is -2.39. The Kier molecular flexibility index (Phi) is 3.22. The molecule has 0 radical (unpaired) electrons. The number of pyridine rings is 1. The molecule has 1 aliphatic heterocycles. The predicted octanol–water partition coefficient (Wildman–Crippen LogP) is 2.26. The van der Waals surface area contributed by atoms with Crippen LogP contribution in [-0.4, -0.2) is 28.9 Å². The number of aromatic nitrogens is 1. The van der Waals surface area contributed by atoms with Gasteiger partial charge in [0, 0.05) is 18.8 Å². The first-order valence-electron chi connectivity index (χ1n) is 5.90. The van der Waals surface area contributed by atoms with Crippen LogP contribution in [0, 0.1) is 12.8 Å². The summed E-state index contributed by atoms with van der Waals surface area (Å²) < 4.78 is 0. The van der Waals surface area contributed by atoms with Gasteiger partial charge in [0.05, 0.1) is 0 Å². The molecule has 86 valence electrons. The summed E-state index contributed by atoms with van der Waals surface area (Å²) in [5.41, 5.74) is 1.48. The van der Waals surface area contributed by atoms with Crippen molar-refractivity contribution in [1.82, 2.24) is 9.88 Å². The number of piperidine rings is 1. The summed E-state index contributed by atoms with van der Waals surface area (Å²) in [6.45, 7) is 5.85. The van der Waals surface area contributed by atoms with E-state index in [1.54, 1.807) is 6.07 Å². The van der Waals surface area contributed by atoms with E-state index in [0.29, 0.717) is 11.6 Å². The Balaban J connectivity index is 2.12. The number of amides is 1. The highest BCUT2D eigenvalue weighted by Crippen LogP contribution is 2.17. The first-order chi connectivity index (χ1) is 7.66. The first kappa shape index (κ1) is 11.1.